The topological polar surface area (TPSA) is 64.1 Å². The number of anilines is 2. The Morgan fingerprint density at radius 1 is 1.38 bits per heavy atom. The Morgan fingerprint density at radius 2 is 2.14 bits per heavy atom. The zero-order chi connectivity index (χ0) is 15.5. The Morgan fingerprint density at radius 3 is 2.67 bits per heavy atom. The molecule has 0 aliphatic carbocycles. The number of thiazole rings is 1. The van der Waals surface area contributed by atoms with Gasteiger partial charge in [-0.25, -0.2) is 14.8 Å². The molecular weight excluding hydrogens is 286 g/mol. The quantitative estimate of drug-likeness (QED) is 0.871. The molecule has 0 fully saturated rings. The number of rotatable bonds is 4. The van der Waals surface area contributed by atoms with Crippen LogP contribution >= 0.6 is 11.3 Å². The van der Waals surface area contributed by atoms with Crippen LogP contribution in [0.15, 0.2) is 23.7 Å². The smallest absolute Gasteiger partial charge is 0.339 e. The number of hydrogen-bond donors (Lipinski definition) is 1. The number of hydrogen-bond acceptors (Lipinski definition) is 6. The fourth-order valence-electron chi connectivity index (χ4n) is 1.59. The van der Waals surface area contributed by atoms with Gasteiger partial charge in [0.15, 0.2) is 5.13 Å². The first-order valence-corrected chi connectivity index (χ1v) is 7.64. The zero-order valence-corrected chi connectivity index (χ0v) is 13.5. The zero-order valence-electron chi connectivity index (χ0n) is 12.6. The summed E-state index contributed by atoms with van der Waals surface area (Å²) in [6.07, 6.45) is 1.50. The van der Waals surface area contributed by atoms with Crippen molar-refractivity contribution in [2.24, 2.45) is 0 Å². The average Bonchev–Trinajstić information content (AvgIpc) is 2.88. The molecule has 21 heavy (non-hydrogen) atoms. The van der Waals surface area contributed by atoms with Gasteiger partial charge in [-0.15, -0.1) is 11.3 Å². The molecule has 0 radical (unpaired) electrons. The molecule has 0 saturated heterocycles. The van der Waals surface area contributed by atoms with Crippen molar-refractivity contribution in [3.8, 4) is 0 Å². The van der Waals surface area contributed by atoms with Gasteiger partial charge in [-0.3, -0.25) is 0 Å². The number of aromatic nitrogens is 2. The van der Waals surface area contributed by atoms with Gasteiger partial charge < -0.3 is 10.1 Å². The fraction of sp³-hybridized carbons (Fsp3) is 0.400. The van der Waals surface area contributed by atoms with Gasteiger partial charge >= 0.3 is 5.97 Å². The summed E-state index contributed by atoms with van der Waals surface area (Å²) < 4.78 is 4.92. The van der Waals surface area contributed by atoms with E-state index in [9.17, 15) is 4.79 Å². The standard InChI is InChI=1S/C15H19N3O2S/c1-5-20-13(19)10-6-7-12(16-8-10)18-14-17-11(9-21-14)15(2,3)4/h6-9H,5H2,1-4H3,(H,16,17,18). The molecule has 5 nitrogen and oxygen atoms in total. The number of carbonyl (C=O) groups excluding carboxylic acids is 1. The van der Waals surface area contributed by atoms with Crippen LogP contribution in [0.1, 0.15) is 43.7 Å². The molecular formula is C15H19N3O2S. The van der Waals surface area contributed by atoms with E-state index in [4.69, 9.17) is 4.74 Å². The highest BCUT2D eigenvalue weighted by Crippen LogP contribution is 2.27. The van der Waals surface area contributed by atoms with Crippen molar-refractivity contribution >= 4 is 28.3 Å². The number of carbonyl (C=O) groups is 1. The van der Waals surface area contributed by atoms with Crippen LogP contribution in [-0.4, -0.2) is 22.5 Å². The predicted molar refractivity (Wildman–Crippen MR) is 84.3 cm³/mol. The SMILES string of the molecule is CCOC(=O)c1ccc(Nc2nc(C(C)(C)C)cs2)nc1. The Labute approximate surface area is 128 Å². The van der Waals surface area contributed by atoms with E-state index >= 15 is 0 Å². The second-order valence-electron chi connectivity index (χ2n) is 5.57. The summed E-state index contributed by atoms with van der Waals surface area (Å²) in [6.45, 7) is 8.50. The van der Waals surface area contributed by atoms with Gasteiger partial charge in [0.2, 0.25) is 0 Å². The van der Waals surface area contributed by atoms with Crippen molar-refractivity contribution in [2.75, 3.05) is 11.9 Å². The highest BCUT2D eigenvalue weighted by Gasteiger charge is 2.17. The van der Waals surface area contributed by atoms with Crippen LogP contribution in [0.5, 0.6) is 0 Å². The first-order chi connectivity index (χ1) is 9.90. The molecule has 2 heterocycles. The highest BCUT2D eigenvalue weighted by atomic mass is 32.1. The van der Waals surface area contributed by atoms with Crippen LogP contribution in [0, 0.1) is 0 Å². The molecule has 0 atom stereocenters. The van der Waals surface area contributed by atoms with E-state index in [1.807, 2.05) is 5.38 Å². The van der Waals surface area contributed by atoms with Gasteiger partial charge in [-0.05, 0) is 19.1 Å². The summed E-state index contributed by atoms with van der Waals surface area (Å²) in [5.41, 5.74) is 1.51. The first kappa shape index (κ1) is 15.4. The van der Waals surface area contributed by atoms with Crippen molar-refractivity contribution in [2.45, 2.75) is 33.1 Å². The second-order valence-corrected chi connectivity index (χ2v) is 6.42. The Balaban J connectivity index is 2.07. The van der Waals surface area contributed by atoms with Crippen molar-refractivity contribution in [1.29, 1.82) is 0 Å². The molecule has 0 aliphatic heterocycles. The summed E-state index contributed by atoms with van der Waals surface area (Å²) in [4.78, 5) is 20.3. The number of ether oxygens (including phenoxy) is 1. The number of esters is 1. The van der Waals surface area contributed by atoms with Crippen LogP contribution in [0.2, 0.25) is 0 Å². The Hall–Kier alpha value is -1.95. The molecule has 0 aromatic carbocycles. The molecule has 1 N–H and O–H groups in total. The lowest BCUT2D eigenvalue weighted by atomic mass is 9.93. The van der Waals surface area contributed by atoms with E-state index in [2.05, 4.69) is 36.1 Å². The third kappa shape index (κ3) is 4.01. The fourth-order valence-corrected chi connectivity index (χ4v) is 2.53. The predicted octanol–water partition coefficient (Wildman–Crippen LogP) is 3.76. The lowest BCUT2D eigenvalue weighted by Crippen LogP contribution is -2.11. The molecule has 0 spiro atoms. The van der Waals surface area contributed by atoms with Crippen molar-refractivity contribution in [1.82, 2.24) is 9.97 Å². The highest BCUT2D eigenvalue weighted by molar-refractivity contribution is 7.13. The van der Waals surface area contributed by atoms with Crippen LogP contribution in [0.3, 0.4) is 0 Å². The van der Waals surface area contributed by atoms with E-state index in [0.717, 1.165) is 10.8 Å². The molecule has 2 aromatic heterocycles. The first-order valence-electron chi connectivity index (χ1n) is 6.76. The lowest BCUT2D eigenvalue weighted by molar-refractivity contribution is 0.0526. The van der Waals surface area contributed by atoms with Crippen molar-refractivity contribution in [3.05, 3.63) is 35.0 Å². The van der Waals surface area contributed by atoms with Gasteiger partial charge in [-0.1, -0.05) is 20.8 Å². The van der Waals surface area contributed by atoms with Crippen molar-refractivity contribution in [3.63, 3.8) is 0 Å². The normalized spacial score (nSPS) is 11.2. The number of nitrogens with one attached hydrogen (secondary N) is 1. The average molecular weight is 305 g/mol. The summed E-state index contributed by atoms with van der Waals surface area (Å²) in [5, 5.41) is 5.96. The molecule has 0 bridgehead atoms. The third-order valence-electron chi connectivity index (χ3n) is 2.78. The molecule has 0 unspecified atom stereocenters. The van der Waals surface area contributed by atoms with Crippen LogP contribution in [0.25, 0.3) is 0 Å². The number of nitrogens with zero attached hydrogens (tertiary/aromatic N) is 2. The number of pyridine rings is 1. The summed E-state index contributed by atoms with van der Waals surface area (Å²) in [6, 6.07) is 3.43. The van der Waals surface area contributed by atoms with E-state index < -0.39 is 0 Å². The minimum atomic E-state index is -0.360. The molecule has 0 saturated carbocycles. The monoisotopic (exact) mass is 305 g/mol. The van der Waals surface area contributed by atoms with Gasteiger partial charge in [-0.2, -0.15) is 0 Å². The maximum Gasteiger partial charge on any atom is 0.339 e. The van der Waals surface area contributed by atoms with E-state index in [1.54, 1.807) is 19.1 Å². The van der Waals surface area contributed by atoms with E-state index in [1.165, 1.54) is 17.5 Å². The molecule has 2 aromatic rings. The van der Waals surface area contributed by atoms with Gasteiger partial charge in [0.25, 0.3) is 0 Å². The summed E-state index contributed by atoms with van der Waals surface area (Å²) in [5.74, 6) is 0.290. The van der Waals surface area contributed by atoms with Gasteiger partial charge in [0, 0.05) is 17.0 Å². The molecule has 0 aliphatic rings. The summed E-state index contributed by atoms with van der Waals surface area (Å²) in [7, 11) is 0. The molecule has 6 heteroatoms. The van der Waals surface area contributed by atoms with Gasteiger partial charge in [0.1, 0.15) is 5.82 Å². The largest absolute Gasteiger partial charge is 0.462 e. The van der Waals surface area contributed by atoms with Crippen LogP contribution < -0.4 is 5.32 Å². The molecule has 0 amide bonds. The van der Waals surface area contributed by atoms with E-state index in [-0.39, 0.29) is 11.4 Å². The van der Waals surface area contributed by atoms with Crippen LogP contribution in [0.4, 0.5) is 10.9 Å². The summed E-state index contributed by atoms with van der Waals surface area (Å²) >= 11 is 1.54. The van der Waals surface area contributed by atoms with Crippen LogP contribution in [-0.2, 0) is 10.2 Å². The Bertz CT molecular complexity index is 615. The maximum absolute atomic E-state index is 11.5. The van der Waals surface area contributed by atoms with Crippen molar-refractivity contribution < 1.29 is 9.53 Å². The second kappa shape index (κ2) is 6.22. The molecule has 2 rings (SSSR count). The Kier molecular flexibility index (Phi) is 4.57. The minimum absolute atomic E-state index is 0.0254. The van der Waals surface area contributed by atoms with E-state index in [0.29, 0.717) is 18.0 Å². The lowest BCUT2D eigenvalue weighted by Gasteiger charge is -2.14. The maximum atomic E-state index is 11.5. The van der Waals surface area contributed by atoms with Gasteiger partial charge in [0.05, 0.1) is 17.9 Å². The molecule has 112 valence electrons. The minimum Gasteiger partial charge on any atom is -0.462 e. The third-order valence-corrected chi connectivity index (χ3v) is 3.54.